The maximum absolute atomic E-state index is 11.6. The summed E-state index contributed by atoms with van der Waals surface area (Å²) in [6.45, 7) is 0. The Kier molecular flexibility index (Phi) is 5.14. The second-order valence-electron chi connectivity index (χ2n) is 4.09. The highest BCUT2D eigenvalue weighted by atomic mass is 32.2. The molecule has 96 valence electrons. The van der Waals surface area contributed by atoms with E-state index in [1.165, 1.54) is 31.0 Å². The maximum atomic E-state index is 11.6. The number of nitrogens with one attached hydrogen (secondary N) is 1. The van der Waals surface area contributed by atoms with E-state index in [0.717, 1.165) is 18.6 Å². The quantitative estimate of drug-likeness (QED) is 0.513. The van der Waals surface area contributed by atoms with Gasteiger partial charge in [-0.1, -0.05) is 18.2 Å². The van der Waals surface area contributed by atoms with Gasteiger partial charge in [0.1, 0.15) is 0 Å². The monoisotopic (exact) mass is 264 g/mol. The molecule has 1 aliphatic carbocycles. The number of nitrogens with zero attached hydrogens (tertiary/aromatic N) is 3. The van der Waals surface area contributed by atoms with Crippen LogP contribution in [0.2, 0.25) is 0 Å². The van der Waals surface area contributed by atoms with Crippen LogP contribution in [0.15, 0.2) is 28.7 Å². The Hall–Kier alpha value is -1.43. The molecule has 1 saturated carbocycles. The van der Waals surface area contributed by atoms with E-state index in [1.54, 1.807) is 18.5 Å². The van der Waals surface area contributed by atoms with Gasteiger partial charge in [0.2, 0.25) is 0 Å². The zero-order valence-corrected chi connectivity index (χ0v) is 10.9. The van der Waals surface area contributed by atoms with Gasteiger partial charge < -0.3 is 0 Å². The van der Waals surface area contributed by atoms with Crippen LogP contribution in [0.4, 0.5) is 0 Å². The Labute approximate surface area is 110 Å². The van der Waals surface area contributed by atoms with E-state index in [1.807, 2.05) is 0 Å². The molecule has 0 radical (unpaired) electrons. The third kappa shape index (κ3) is 4.44. The lowest BCUT2D eigenvalue weighted by Crippen LogP contribution is -2.22. The first-order valence-electron chi connectivity index (χ1n) is 6.09. The first-order valence-corrected chi connectivity index (χ1v) is 7.07. The van der Waals surface area contributed by atoms with Gasteiger partial charge in [-0.15, -0.1) is 0 Å². The number of amides is 1. The Morgan fingerprint density at radius 2 is 2.00 bits per heavy atom. The molecule has 0 aromatic carbocycles. The van der Waals surface area contributed by atoms with Gasteiger partial charge in [-0.2, -0.15) is 5.10 Å². The first-order chi connectivity index (χ1) is 8.84. The van der Waals surface area contributed by atoms with Crippen LogP contribution in [0.3, 0.4) is 0 Å². The normalized spacial score (nSPS) is 15.2. The van der Waals surface area contributed by atoms with Crippen molar-refractivity contribution in [3.63, 3.8) is 0 Å². The van der Waals surface area contributed by atoms with Crippen molar-refractivity contribution in [2.24, 2.45) is 5.10 Å². The maximum Gasteiger partial charge on any atom is 0.250 e. The molecule has 0 atom stereocenters. The van der Waals surface area contributed by atoms with E-state index < -0.39 is 0 Å². The largest absolute Gasteiger partial charge is 0.272 e. The number of hydrazone groups is 1. The van der Waals surface area contributed by atoms with Crippen molar-refractivity contribution in [1.82, 2.24) is 15.4 Å². The number of thioether (sulfide) groups is 1. The fraction of sp³-hybridized carbons (Fsp3) is 0.500. The van der Waals surface area contributed by atoms with Gasteiger partial charge in [-0.25, -0.2) is 15.4 Å². The van der Waals surface area contributed by atoms with Crippen LogP contribution in [-0.2, 0) is 4.79 Å². The predicted octanol–water partition coefficient (Wildman–Crippen LogP) is 2.00. The average Bonchev–Trinajstić information content (AvgIpc) is 2.45. The molecule has 1 fully saturated rings. The standard InChI is InChI=1S/C12H16N4OS/c17-11(9-18-12-13-7-4-8-14-12)16-15-10-5-2-1-3-6-10/h4,7-8H,1-3,5-6,9H2,(H,16,17). The highest BCUT2D eigenvalue weighted by molar-refractivity contribution is 7.99. The third-order valence-electron chi connectivity index (χ3n) is 2.64. The van der Waals surface area contributed by atoms with Crippen molar-refractivity contribution < 1.29 is 4.79 Å². The minimum absolute atomic E-state index is 0.106. The van der Waals surface area contributed by atoms with Gasteiger partial charge in [-0.05, 0) is 31.7 Å². The molecule has 2 rings (SSSR count). The third-order valence-corrected chi connectivity index (χ3v) is 3.52. The van der Waals surface area contributed by atoms with E-state index in [9.17, 15) is 4.79 Å². The number of rotatable bonds is 4. The summed E-state index contributed by atoms with van der Waals surface area (Å²) in [5, 5.41) is 4.77. The Bertz CT molecular complexity index is 413. The highest BCUT2D eigenvalue weighted by Crippen LogP contribution is 2.14. The van der Waals surface area contributed by atoms with Crippen LogP contribution in [0.5, 0.6) is 0 Å². The highest BCUT2D eigenvalue weighted by Gasteiger charge is 2.08. The topological polar surface area (TPSA) is 67.2 Å². The van der Waals surface area contributed by atoms with Crippen LogP contribution in [0.1, 0.15) is 32.1 Å². The molecular formula is C12H16N4OS. The number of aromatic nitrogens is 2. The fourth-order valence-electron chi connectivity index (χ4n) is 1.74. The molecule has 1 amide bonds. The van der Waals surface area contributed by atoms with E-state index in [0.29, 0.717) is 10.9 Å². The summed E-state index contributed by atoms with van der Waals surface area (Å²) in [7, 11) is 0. The summed E-state index contributed by atoms with van der Waals surface area (Å²) < 4.78 is 0. The predicted molar refractivity (Wildman–Crippen MR) is 71.4 cm³/mol. The van der Waals surface area contributed by atoms with Gasteiger partial charge in [0, 0.05) is 18.1 Å². The molecule has 6 heteroatoms. The number of carbonyl (C=O) groups excluding carboxylic acids is 1. The second-order valence-corrected chi connectivity index (χ2v) is 5.04. The van der Waals surface area contributed by atoms with Crippen molar-refractivity contribution in [3.05, 3.63) is 18.5 Å². The van der Waals surface area contributed by atoms with E-state index in [-0.39, 0.29) is 5.91 Å². The lowest BCUT2D eigenvalue weighted by Gasteiger charge is -2.11. The lowest BCUT2D eigenvalue weighted by atomic mass is 9.99. The van der Waals surface area contributed by atoms with Crippen molar-refractivity contribution >= 4 is 23.4 Å². The zero-order valence-electron chi connectivity index (χ0n) is 10.1. The van der Waals surface area contributed by atoms with Gasteiger partial charge in [0.15, 0.2) is 5.16 Å². The molecule has 1 aromatic heterocycles. The van der Waals surface area contributed by atoms with Crippen LogP contribution >= 0.6 is 11.8 Å². The minimum Gasteiger partial charge on any atom is -0.272 e. The number of hydrogen-bond acceptors (Lipinski definition) is 5. The van der Waals surface area contributed by atoms with E-state index in [2.05, 4.69) is 20.5 Å². The average molecular weight is 264 g/mol. The molecule has 5 nitrogen and oxygen atoms in total. The van der Waals surface area contributed by atoms with Crippen molar-refractivity contribution in [3.8, 4) is 0 Å². The molecule has 1 N–H and O–H groups in total. The van der Waals surface area contributed by atoms with E-state index in [4.69, 9.17) is 0 Å². The fourth-order valence-corrected chi connectivity index (χ4v) is 2.33. The van der Waals surface area contributed by atoms with Gasteiger partial charge in [0.25, 0.3) is 5.91 Å². The number of carbonyl (C=O) groups is 1. The molecule has 0 unspecified atom stereocenters. The van der Waals surface area contributed by atoms with Crippen LogP contribution < -0.4 is 5.43 Å². The summed E-state index contributed by atoms with van der Waals surface area (Å²) in [4.78, 5) is 19.6. The molecule has 1 aromatic rings. The SMILES string of the molecule is O=C(CSc1ncccn1)NN=C1CCCCC1. The van der Waals surface area contributed by atoms with Crippen LogP contribution in [0, 0.1) is 0 Å². The van der Waals surface area contributed by atoms with Crippen molar-refractivity contribution in [2.45, 2.75) is 37.3 Å². The van der Waals surface area contributed by atoms with Gasteiger partial charge in [0.05, 0.1) is 5.75 Å². The first kappa shape index (κ1) is 13.0. The van der Waals surface area contributed by atoms with Crippen molar-refractivity contribution in [2.75, 3.05) is 5.75 Å². The minimum atomic E-state index is -0.106. The lowest BCUT2D eigenvalue weighted by molar-refractivity contribution is -0.118. The molecule has 0 spiro atoms. The second kappa shape index (κ2) is 7.10. The zero-order chi connectivity index (χ0) is 12.6. The van der Waals surface area contributed by atoms with Gasteiger partial charge >= 0.3 is 0 Å². The molecular weight excluding hydrogens is 248 g/mol. The van der Waals surface area contributed by atoms with E-state index >= 15 is 0 Å². The molecule has 1 heterocycles. The number of hydrogen-bond donors (Lipinski definition) is 1. The molecule has 0 bridgehead atoms. The Morgan fingerprint density at radius 3 is 2.72 bits per heavy atom. The van der Waals surface area contributed by atoms with Gasteiger partial charge in [-0.3, -0.25) is 4.79 Å². The van der Waals surface area contributed by atoms with Crippen LogP contribution in [-0.4, -0.2) is 27.3 Å². The summed E-state index contributed by atoms with van der Waals surface area (Å²) in [6.07, 6.45) is 8.98. The smallest absolute Gasteiger partial charge is 0.250 e. The summed E-state index contributed by atoms with van der Waals surface area (Å²) in [5.74, 6) is 0.186. The molecule has 18 heavy (non-hydrogen) atoms. The summed E-state index contributed by atoms with van der Waals surface area (Å²) >= 11 is 1.31. The Morgan fingerprint density at radius 1 is 1.28 bits per heavy atom. The molecule has 0 saturated heterocycles. The van der Waals surface area contributed by atoms with Crippen LogP contribution in [0.25, 0.3) is 0 Å². The molecule has 1 aliphatic rings. The summed E-state index contributed by atoms with van der Waals surface area (Å²) in [5.41, 5.74) is 3.70. The Balaban J connectivity index is 1.72. The summed E-state index contributed by atoms with van der Waals surface area (Å²) in [6, 6.07) is 1.75. The molecule has 0 aliphatic heterocycles. The van der Waals surface area contributed by atoms with Crippen molar-refractivity contribution in [1.29, 1.82) is 0 Å².